The number of hydrogen-bond donors (Lipinski definition) is 1. The number of ether oxygens (including phenoxy) is 1. The minimum atomic E-state index is -3.78. The molecule has 0 radical (unpaired) electrons. The molecule has 7 nitrogen and oxygen atoms in total. The maximum Gasteiger partial charge on any atom is 1.00 e. The second-order valence-electron chi connectivity index (χ2n) is 3.98. The Bertz CT molecular complexity index is 597. The van der Waals surface area contributed by atoms with E-state index in [1.807, 2.05) is 0 Å². The molecule has 1 heterocycles. The van der Waals surface area contributed by atoms with E-state index in [0.29, 0.717) is 13.2 Å². The van der Waals surface area contributed by atoms with Gasteiger partial charge in [-0.05, 0) is 18.2 Å². The second-order valence-corrected chi connectivity index (χ2v) is 5.92. The molecule has 1 aliphatic rings. The fraction of sp³-hybridized carbons (Fsp3) is 0.364. The number of carboxylic acids is 1. The SMILES string of the molecule is O=C([O-])c1cc(S(=O)(=O)N2CCOCC2)ccc1O.[K+]. The molecular weight excluding hydrogens is 313 g/mol. The van der Waals surface area contributed by atoms with Gasteiger partial charge in [-0.15, -0.1) is 0 Å². The molecular formula is C11H12KNO6S. The van der Waals surface area contributed by atoms with Crippen LogP contribution < -0.4 is 56.5 Å². The van der Waals surface area contributed by atoms with E-state index in [9.17, 15) is 23.4 Å². The van der Waals surface area contributed by atoms with Crippen LogP contribution in [0.3, 0.4) is 0 Å². The summed E-state index contributed by atoms with van der Waals surface area (Å²) in [4.78, 5) is 10.6. The molecule has 1 fully saturated rings. The Morgan fingerprint density at radius 3 is 2.45 bits per heavy atom. The Morgan fingerprint density at radius 1 is 1.30 bits per heavy atom. The zero-order valence-electron chi connectivity index (χ0n) is 10.9. The molecule has 0 amide bonds. The number of phenols is 1. The third kappa shape index (κ3) is 3.80. The molecule has 1 N–H and O–H groups in total. The molecule has 1 aromatic rings. The third-order valence-electron chi connectivity index (χ3n) is 2.80. The van der Waals surface area contributed by atoms with E-state index < -0.39 is 27.3 Å². The van der Waals surface area contributed by atoms with Crippen LogP contribution in [0, 0.1) is 0 Å². The number of nitrogens with zero attached hydrogens (tertiary/aromatic N) is 1. The summed E-state index contributed by atoms with van der Waals surface area (Å²) in [5, 5.41) is 20.1. The van der Waals surface area contributed by atoms with E-state index in [2.05, 4.69) is 0 Å². The molecule has 0 unspecified atom stereocenters. The van der Waals surface area contributed by atoms with Crippen LogP contribution in [0.25, 0.3) is 0 Å². The fourth-order valence-corrected chi connectivity index (χ4v) is 3.21. The number of aromatic hydroxyl groups is 1. The van der Waals surface area contributed by atoms with E-state index in [1.54, 1.807) is 0 Å². The third-order valence-corrected chi connectivity index (χ3v) is 4.69. The van der Waals surface area contributed by atoms with Crippen LogP contribution in [-0.4, -0.2) is 50.1 Å². The van der Waals surface area contributed by atoms with E-state index in [-0.39, 0.29) is 69.4 Å². The number of rotatable bonds is 3. The van der Waals surface area contributed by atoms with Gasteiger partial charge in [0.05, 0.1) is 24.1 Å². The predicted octanol–water partition coefficient (Wildman–Crippen LogP) is -4.22. The molecule has 1 saturated heterocycles. The smallest absolute Gasteiger partial charge is 0.545 e. The Hall–Kier alpha value is -0.00364. The Morgan fingerprint density at radius 2 is 1.90 bits per heavy atom. The number of morpholine rings is 1. The summed E-state index contributed by atoms with van der Waals surface area (Å²) in [6.07, 6.45) is 0. The number of carboxylic acid groups (broad SMARTS) is 1. The molecule has 0 atom stereocenters. The Kier molecular flexibility index (Phi) is 6.60. The normalized spacial score (nSPS) is 16.4. The second kappa shape index (κ2) is 7.32. The molecule has 1 aromatic carbocycles. The quantitative estimate of drug-likeness (QED) is 0.565. The van der Waals surface area contributed by atoms with Crippen LogP contribution in [0.5, 0.6) is 5.75 Å². The minimum Gasteiger partial charge on any atom is -0.545 e. The van der Waals surface area contributed by atoms with Gasteiger partial charge in [-0.3, -0.25) is 0 Å². The van der Waals surface area contributed by atoms with Gasteiger partial charge in [-0.1, -0.05) is 0 Å². The Labute approximate surface area is 159 Å². The maximum atomic E-state index is 12.2. The molecule has 1 aliphatic heterocycles. The van der Waals surface area contributed by atoms with Gasteiger partial charge in [0.15, 0.2) is 0 Å². The van der Waals surface area contributed by atoms with E-state index in [4.69, 9.17) is 4.74 Å². The fourth-order valence-electron chi connectivity index (χ4n) is 1.78. The molecule has 0 saturated carbocycles. The van der Waals surface area contributed by atoms with E-state index >= 15 is 0 Å². The van der Waals surface area contributed by atoms with Crippen LogP contribution >= 0.6 is 0 Å². The van der Waals surface area contributed by atoms with E-state index in [0.717, 1.165) is 18.2 Å². The summed E-state index contributed by atoms with van der Waals surface area (Å²) in [5.41, 5.74) is -0.547. The van der Waals surface area contributed by atoms with Gasteiger partial charge >= 0.3 is 51.4 Å². The van der Waals surface area contributed by atoms with Gasteiger partial charge in [0.2, 0.25) is 10.0 Å². The minimum absolute atomic E-state index is 0. The molecule has 0 aromatic heterocycles. The first-order valence-electron chi connectivity index (χ1n) is 5.55. The summed E-state index contributed by atoms with van der Waals surface area (Å²) >= 11 is 0. The van der Waals surface area contributed by atoms with Crippen molar-refractivity contribution in [3.8, 4) is 5.75 Å². The average Bonchev–Trinajstić information content (AvgIpc) is 2.39. The van der Waals surface area contributed by atoms with E-state index in [1.165, 1.54) is 4.31 Å². The first-order valence-corrected chi connectivity index (χ1v) is 6.99. The summed E-state index contributed by atoms with van der Waals surface area (Å²) in [6, 6.07) is 3.08. The van der Waals surface area contributed by atoms with Crippen molar-refractivity contribution < 1.29 is 79.5 Å². The van der Waals surface area contributed by atoms with Gasteiger partial charge in [-0.2, -0.15) is 4.31 Å². The number of hydrogen-bond acceptors (Lipinski definition) is 6. The number of sulfonamides is 1. The first kappa shape index (κ1) is 18.0. The molecule has 0 aliphatic carbocycles. The number of carbonyl (C=O) groups is 1. The van der Waals surface area contributed by atoms with Gasteiger partial charge in [0, 0.05) is 18.7 Å². The average molecular weight is 325 g/mol. The van der Waals surface area contributed by atoms with Crippen molar-refractivity contribution in [2.24, 2.45) is 0 Å². The number of benzene rings is 1. The maximum absolute atomic E-state index is 12.2. The van der Waals surface area contributed by atoms with Crippen molar-refractivity contribution in [2.75, 3.05) is 26.3 Å². The zero-order valence-corrected chi connectivity index (χ0v) is 14.8. The van der Waals surface area contributed by atoms with Crippen molar-refractivity contribution in [2.45, 2.75) is 4.90 Å². The molecule has 104 valence electrons. The summed E-state index contributed by atoms with van der Waals surface area (Å²) in [6.45, 7) is 1.02. The summed E-state index contributed by atoms with van der Waals surface area (Å²) in [7, 11) is -3.78. The summed E-state index contributed by atoms with van der Waals surface area (Å²) in [5.74, 6) is -2.16. The number of carbonyl (C=O) groups excluding carboxylic acids is 1. The van der Waals surface area contributed by atoms with Gasteiger partial charge in [0.25, 0.3) is 0 Å². The largest absolute Gasteiger partial charge is 1.00 e. The van der Waals surface area contributed by atoms with Crippen molar-refractivity contribution in [1.29, 1.82) is 0 Å². The summed E-state index contributed by atoms with van der Waals surface area (Å²) < 4.78 is 30.8. The predicted molar refractivity (Wildman–Crippen MR) is 62.0 cm³/mol. The van der Waals surface area contributed by atoms with Crippen molar-refractivity contribution in [3.05, 3.63) is 23.8 Å². The molecule has 2 rings (SSSR count). The van der Waals surface area contributed by atoms with Gasteiger partial charge in [-0.25, -0.2) is 8.42 Å². The van der Waals surface area contributed by atoms with Gasteiger partial charge < -0.3 is 19.7 Å². The van der Waals surface area contributed by atoms with Crippen LogP contribution in [0.2, 0.25) is 0 Å². The molecule has 0 bridgehead atoms. The monoisotopic (exact) mass is 325 g/mol. The topological polar surface area (TPSA) is 107 Å². The van der Waals surface area contributed by atoms with Crippen LogP contribution in [0.1, 0.15) is 10.4 Å². The van der Waals surface area contributed by atoms with Crippen LogP contribution in [-0.2, 0) is 14.8 Å². The first-order chi connectivity index (χ1) is 8.93. The zero-order chi connectivity index (χ0) is 14.0. The van der Waals surface area contributed by atoms with Gasteiger partial charge in [0.1, 0.15) is 5.75 Å². The molecule has 20 heavy (non-hydrogen) atoms. The number of aromatic carboxylic acids is 1. The van der Waals surface area contributed by atoms with Crippen LogP contribution in [0.4, 0.5) is 0 Å². The Balaban J connectivity index is 0.00000200. The molecule has 0 spiro atoms. The van der Waals surface area contributed by atoms with Crippen molar-refractivity contribution in [1.82, 2.24) is 4.31 Å². The standard InChI is InChI=1S/C11H13NO6S.K/c13-10-2-1-8(7-9(10)11(14)15)19(16,17)12-3-5-18-6-4-12;/h1-2,7,13H,3-6H2,(H,14,15);/q;+1/p-1. The van der Waals surface area contributed by atoms with Crippen molar-refractivity contribution in [3.63, 3.8) is 0 Å². The molecule has 9 heteroatoms. The van der Waals surface area contributed by atoms with Crippen molar-refractivity contribution >= 4 is 16.0 Å². The van der Waals surface area contributed by atoms with Crippen LogP contribution in [0.15, 0.2) is 23.1 Å².